The molecule has 0 atom stereocenters. The highest BCUT2D eigenvalue weighted by atomic mass is 32.1. The van der Waals surface area contributed by atoms with Crippen molar-refractivity contribution in [1.29, 1.82) is 0 Å². The third-order valence-corrected chi connectivity index (χ3v) is 5.21. The monoisotopic (exact) mass is 265 g/mol. The van der Waals surface area contributed by atoms with Crippen LogP contribution in [0.3, 0.4) is 0 Å². The van der Waals surface area contributed by atoms with E-state index in [-0.39, 0.29) is 0 Å². The van der Waals surface area contributed by atoms with Crippen LogP contribution in [0, 0.1) is 13.8 Å². The van der Waals surface area contributed by atoms with Gasteiger partial charge in [-0.2, -0.15) is 0 Å². The van der Waals surface area contributed by atoms with Gasteiger partial charge in [0.15, 0.2) is 5.01 Å². The molecule has 2 heterocycles. The Morgan fingerprint density at radius 2 is 2.12 bits per heavy atom. The van der Waals surface area contributed by atoms with Gasteiger partial charge in [0.05, 0.1) is 4.88 Å². The summed E-state index contributed by atoms with van der Waals surface area (Å²) in [7, 11) is 0. The van der Waals surface area contributed by atoms with Gasteiger partial charge in [0, 0.05) is 17.5 Å². The van der Waals surface area contributed by atoms with E-state index < -0.39 is 0 Å². The molecule has 0 aromatic carbocycles. The van der Waals surface area contributed by atoms with Gasteiger partial charge in [-0.25, -0.2) is 0 Å². The smallest absolute Gasteiger partial charge is 0.157 e. The molecule has 3 nitrogen and oxygen atoms in total. The van der Waals surface area contributed by atoms with E-state index in [2.05, 4.69) is 35.4 Å². The Balaban J connectivity index is 1.74. The molecule has 3 rings (SSSR count). The lowest BCUT2D eigenvalue weighted by molar-refractivity contribution is 0.679. The fourth-order valence-corrected chi connectivity index (χ4v) is 3.49. The second-order valence-electron chi connectivity index (χ2n) is 4.51. The number of hydrogen-bond acceptors (Lipinski definition) is 5. The van der Waals surface area contributed by atoms with Gasteiger partial charge in [-0.05, 0) is 38.3 Å². The van der Waals surface area contributed by atoms with E-state index in [1.54, 1.807) is 22.7 Å². The number of nitrogens with zero attached hydrogens (tertiary/aromatic N) is 2. The summed E-state index contributed by atoms with van der Waals surface area (Å²) in [5, 5.41) is 14.1. The molecule has 0 saturated heterocycles. The highest BCUT2D eigenvalue weighted by Crippen LogP contribution is 2.32. The molecular weight excluding hydrogens is 250 g/mol. The average molecular weight is 265 g/mol. The molecule has 1 aliphatic rings. The molecule has 0 unspecified atom stereocenters. The molecular formula is C12H15N3S2. The minimum absolute atomic E-state index is 0.730. The Morgan fingerprint density at radius 1 is 1.29 bits per heavy atom. The first-order valence-corrected chi connectivity index (χ1v) is 7.49. The normalized spacial score (nSPS) is 15.4. The molecule has 2 aromatic heterocycles. The van der Waals surface area contributed by atoms with Crippen LogP contribution in [0.4, 0.5) is 0 Å². The molecule has 0 bridgehead atoms. The Hall–Kier alpha value is -0.780. The zero-order valence-electron chi connectivity index (χ0n) is 9.99. The number of aryl methyl sites for hydroxylation is 2. The summed E-state index contributed by atoms with van der Waals surface area (Å²) >= 11 is 3.51. The molecule has 2 aromatic rings. The molecule has 1 N–H and O–H groups in total. The van der Waals surface area contributed by atoms with Crippen LogP contribution >= 0.6 is 22.7 Å². The quantitative estimate of drug-likeness (QED) is 0.923. The topological polar surface area (TPSA) is 37.8 Å². The summed E-state index contributed by atoms with van der Waals surface area (Å²) in [6.45, 7) is 5.16. The predicted octanol–water partition coefficient (Wildman–Crippen LogP) is 3.14. The number of rotatable bonds is 4. The van der Waals surface area contributed by atoms with Crippen molar-refractivity contribution in [2.75, 3.05) is 0 Å². The lowest BCUT2D eigenvalue weighted by Gasteiger charge is -1.95. The van der Waals surface area contributed by atoms with Crippen molar-refractivity contribution >= 4 is 22.7 Å². The van der Waals surface area contributed by atoms with Crippen molar-refractivity contribution in [2.24, 2.45) is 0 Å². The van der Waals surface area contributed by atoms with E-state index in [0.29, 0.717) is 0 Å². The highest BCUT2D eigenvalue weighted by Gasteiger charge is 2.20. The molecule has 5 heteroatoms. The van der Waals surface area contributed by atoms with Gasteiger partial charge < -0.3 is 5.32 Å². The molecule has 1 aliphatic carbocycles. The Bertz CT molecular complexity index is 506. The fourth-order valence-electron chi connectivity index (χ4n) is 1.62. The molecule has 90 valence electrons. The van der Waals surface area contributed by atoms with Gasteiger partial charge >= 0.3 is 0 Å². The number of aromatic nitrogens is 2. The van der Waals surface area contributed by atoms with E-state index in [9.17, 15) is 0 Å². The summed E-state index contributed by atoms with van der Waals surface area (Å²) in [5.74, 6) is 0. The Kier molecular flexibility index (Phi) is 2.98. The maximum Gasteiger partial charge on any atom is 0.157 e. The highest BCUT2D eigenvalue weighted by molar-refractivity contribution is 7.21. The van der Waals surface area contributed by atoms with Gasteiger partial charge in [0.1, 0.15) is 5.01 Å². The van der Waals surface area contributed by atoms with Crippen LogP contribution in [-0.2, 0) is 6.54 Å². The van der Waals surface area contributed by atoms with Crippen LogP contribution in [-0.4, -0.2) is 16.2 Å². The largest absolute Gasteiger partial charge is 0.308 e. The van der Waals surface area contributed by atoms with Crippen molar-refractivity contribution in [2.45, 2.75) is 39.3 Å². The van der Waals surface area contributed by atoms with Crippen molar-refractivity contribution in [3.8, 4) is 9.88 Å². The number of nitrogens with one attached hydrogen (secondary N) is 1. The van der Waals surface area contributed by atoms with Crippen LogP contribution in [0.15, 0.2) is 6.07 Å². The Labute approximate surface area is 109 Å². The van der Waals surface area contributed by atoms with Gasteiger partial charge in [-0.3, -0.25) is 0 Å². The first-order chi connectivity index (χ1) is 8.22. The van der Waals surface area contributed by atoms with Crippen LogP contribution < -0.4 is 5.32 Å². The number of thiophene rings is 1. The summed E-state index contributed by atoms with van der Waals surface area (Å²) in [4.78, 5) is 2.61. The van der Waals surface area contributed by atoms with Crippen LogP contribution in [0.2, 0.25) is 0 Å². The van der Waals surface area contributed by atoms with Crippen LogP contribution in [0.1, 0.15) is 28.3 Å². The van der Waals surface area contributed by atoms with Gasteiger partial charge in [0.2, 0.25) is 0 Å². The summed E-state index contributed by atoms with van der Waals surface area (Å²) in [6, 6.07) is 2.94. The van der Waals surface area contributed by atoms with Gasteiger partial charge in [-0.15, -0.1) is 21.5 Å². The van der Waals surface area contributed by atoms with E-state index >= 15 is 0 Å². The lowest BCUT2D eigenvalue weighted by Crippen LogP contribution is -2.14. The SMILES string of the molecule is Cc1cc(-c2nnc(CNC3CC3)s2)sc1C. The third kappa shape index (κ3) is 2.56. The zero-order chi connectivity index (χ0) is 11.8. The lowest BCUT2D eigenvalue weighted by atomic mass is 10.3. The molecule has 17 heavy (non-hydrogen) atoms. The second-order valence-corrected chi connectivity index (χ2v) is 6.82. The van der Waals surface area contributed by atoms with Crippen molar-refractivity contribution in [3.05, 3.63) is 21.5 Å². The maximum absolute atomic E-state index is 4.28. The molecule has 0 aliphatic heterocycles. The molecule has 0 amide bonds. The summed E-state index contributed by atoms with van der Waals surface area (Å²) in [6.07, 6.45) is 2.63. The van der Waals surface area contributed by atoms with Crippen LogP contribution in [0.5, 0.6) is 0 Å². The molecule has 1 saturated carbocycles. The van der Waals surface area contributed by atoms with E-state index in [1.807, 2.05) is 0 Å². The van der Waals surface area contributed by atoms with Crippen molar-refractivity contribution in [1.82, 2.24) is 15.5 Å². The minimum Gasteiger partial charge on any atom is -0.308 e. The minimum atomic E-state index is 0.730. The fraction of sp³-hybridized carbons (Fsp3) is 0.500. The van der Waals surface area contributed by atoms with Crippen molar-refractivity contribution in [3.63, 3.8) is 0 Å². The van der Waals surface area contributed by atoms with E-state index in [4.69, 9.17) is 0 Å². The first-order valence-electron chi connectivity index (χ1n) is 5.85. The van der Waals surface area contributed by atoms with Gasteiger partial charge in [0.25, 0.3) is 0 Å². The standard InChI is InChI=1S/C12H15N3S2/c1-7-5-10(16-8(7)2)12-15-14-11(17-12)6-13-9-3-4-9/h5,9,13H,3-4,6H2,1-2H3. The average Bonchev–Trinajstić information content (AvgIpc) is 2.92. The first kappa shape index (κ1) is 11.3. The van der Waals surface area contributed by atoms with Crippen molar-refractivity contribution < 1.29 is 0 Å². The third-order valence-electron chi connectivity index (χ3n) is 2.96. The van der Waals surface area contributed by atoms with Crippen LogP contribution in [0.25, 0.3) is 9.88 Å². The number of hydrogen-bond donors (Lipinski definition) is 1. The van der Waals surface area contributed by atoms with Gasteiger partial charge in [-0.1, -0.05) is 11.3 Å². The van der Waals surface area contributed by atoms with E-state index in [1.165, 1.54) is 28.2 Å². The molecule has 0 radical (unpaired) electrons. The Morgan fingerprint density at radius 3 is 2.76 bits per heavy atom. The molecule has 0 spiro atoms. The summed E-state index contributed by atoms with van der Waals surface area (Å²) < 4.78 is 0. The second kappa shape index (κ2) is 4.48. The predicted molar refractivity (Wildman–Crippen MR) is 72.6 cm³/mol. The van der Waals surface area contributed by atoms with E-state index in [0.717, 1.165) is 22.6 Å². The molecule has 1 fully saturated rings. The maximum atomic E-state index is 4.28. The summed E-state index contributed by atoms with van der Waals surface area (Å²) in [5.41, 5.74) is 1.35. The zero-order valence-corrected chi connectivity index (χ0v) is 11.6.